The predicted octanol–water partition coefficient (Wildman–Crippen LogP) is 3.04. The number of fused-ring (bicyclic) bond motifs is 1. The average Bonchev–Trinajstić information content (AvgIpc) is 2.51. The van der Waals surface area contributed by atoms with E-state index in [9.17, 15) is 8.42 Å². The lowest BCUT2D eigenvalue weighted by Crippen LogP contribution is -2.34. The molecule has 0 radical (unpaired) electrons. The minimum absolute atomic E-state index is 0.0317. The molecule has 118 valence electrons. The predicted molar refractivity (Wildman–Crippen MR) is 84.3 cm³/mol. The van der Waals surface area contributed by atoms with Crippen molar-refractivity contribution in [2.24, 2.45) is 0 Å². The molecule has 0 unspecified atom stereocenters. The Labute approximate surface area is 127 Å². The van der Waals surface area contributed by atoms with E-state index in [0.29, 0.717) is 5.75 Å². The van der Waals surface area contributed by atoms with Crippen molar-refractivity contribution in [3.05, 3.63) is 23.3 Å². The summed E-state index contributed by atoms with van der Waals surface area (Å²) in [5.41, 5.74) is 2.37. The molecule has 0 aromatic heterocycles. The smallest absolute Gasteiger partial charge is 0.244 e. The van der Waals surface area contributed by atoms with Crippen LogP contribution in [-0.4, -0.2) is 21.6 Å². The summed E-state index contributed by atoms with van der Waals surface area (Å²) in [6.07, 6.45) is 5.80. The van der Waals surface area contributed by atoms with Gasteiger partial charge >= 0.3 is 0 Å². The maximum absolute atomic E-state index is 12.6. The van der Waals surface area contributed by atoms with Crippen molar-refractivity contribution in [2.45, 2.75) is 63.3 Å². The zero-order valence-corrected chi connectivity index (χ0v) is 13.9. The quantitative estimate of drug-likeness (QED) is 0.878. The summed E-state index contributed by atoms with van der Waals surface area (Å²) in [6, 6.07) is 3.67. The van der Waals surface area contributed by atoms with Gasteiger partial charge in [-0.25, -0.2) is 13.1 Å². The average molecular weight is 311 g/mol. The Bertz CT molecular complexity index is 592. The number of nitrogens with one attached hydrogen (secondary N) is 1. The van der Waals surface area contributed by atoms with Gasteiger partial charge in [-0.15, -0.1) is 0 Å². The summed E-state index contributed by atoms with van der Waals surface area (Å²) >= 11 is 0. The molecule has 0 saturated carbocycles. The molecule has 0 aliphatic heterocycles. The van der Waals surface area contributed by atoms with Crippen molar-refractivity contribution in [2.75, 3.05) is 7.11 Å². The summed E-state index contributed by atoms with van der Waals surface area (Å²) in [5, 5.41) is 0. The van der Waals surface area contributed by atoms with E-state index in [4.69, 9.17) is 4.74 Å². The number of rotatable bonds is 6. The standard InChI is InChI=1S/C16H25NO3S/c1-4-14(5-2)17-21(18,19)16-11-13-9-7-6-8-12(13)10-15(16)20-3/h10-11,14,17H,4-9H2,1-3H3. The molecule has 0 heterocycles. The normalized spacial score (nSPS) is 15.0. The van der Waals surface area contributed by atoms with Crippen molar-refractivity contribution < 1.29 is 13.2 Å². The first-order valence-electron chi connectivity index (χ1n) is 7.74. The lowest BCUT2D eigenvalue weighted by molar-refractivity contribution is 0.400. The van der Waals surface area contributed by atoms with E-state index >= 15 is 0 Å². The van der Waals surface area contributed by atoms with Gasteiger partial charge in [-0.1, -0.05) is 13.8 Å². The highest BCUT2D eigenvalue weighted by atomic mass is 32.2. The van der Waals surface area contributed by atoms with Gasteiger partial charge in [-0.2, -0.15) is 0 Å². The summed E-state index contributed by atoms with van der Waals surface area (Å²) in [5.74, 6) is 0.453. The molecule has 0 bridgehead atoms. The molecule has 2 rings (SSSR count). The van der Waals surface area contributed by atoms with E-state index in [-0.39, 0.29) is 10.9 Å². The highest BCUT2D eigenvalue weighted by Crippen LogP contribution is 2.32. The van der Waals surface area contributed by atoms with E-state index < -0.39 is 10.0 Å². The topological polar surface area (TPSA) is 55.4 Å². The Kier molecular flexibility index (Phi) is 5.27. The fraction of sp³-hybridized carbons (Fsp3) is 0.625. The Hall–Kier alpha value is -1.07. The molecule has 1 aromatic rings. The van der Waals surface area contributed by atoms with Crippen molar-refractivity contribution in [3.63, 3.8) is 0 Å². The number of methoxy groups -OCH3 is 1. The van der Waals surface area contributed by atoms with Gasteiger partial charge in [0.25, 0.3) is 0 Å². The zero-order chi connectivity index (χ0) is 15.5. The highest BCUT2D eigenvalue weighted by Gasteiger charge is 2.24. The number of benzene rings is 1. The van der Waals surface area contributed by atoms with E-state index in [1.807, 2.05) is 19.9 Å². The minimum Gasteiger partial charge on any atom is -0.495 e. The van der Waals surface area contributed by atoms with Crippen LogP contribution in [0, 0.1) is 0 Å². The van der Waals surface area contributed by atoms with Gasteiger partial charge in [0, 0.05) is 6.04 Å². The van der Waals surface area contributed by atoms with Gasteiger partial charge < -0.3 is 4.74 Å². The molecule has 1 N–H and O–H groups in total. The minimum atomic E-state index is -3.53. The third kappa shape index (κ3) is 3.58. The van der Waals surface area contributed by atoms with Gasteiger partial charge in [0.2, 0.25) is 10.0 Å². The Morgan fingerprint density at radius 1 is 1.14 bits per heavy atom. The van der Waals surface area contributed by atoms with Gasteiger partial charge in [0.1, 0.15) is 10.6 Å². The number of ether oxygens (including phenoxy) is 1. The second kappa shape index (κ2) is 6.79. The largest absolute Gasteiger partial charge is 0.495 e. The zero-order valence-electron chi connectivity index (χ0n) is 13.1. The molecular formula is C16H25NO3S. The van der Waals surface area contributed by atoms with Crippen LogP contribution in [0.2, 0.25) is 0 Å². The van der Waals surface area contributed by atoms with Crippen LogP contribution in [0.15, 0.2) is 17.0 Å². The van der Waals surface area contributed by atoms with Gasteiger partial charge in [-0.05, 0) is 61.8 Å². The number of hydrogen-bond donors (Lipinski definition) is 1. The van der Waals surface area contributed by atoms with Crippen LogP contribution in [0.3, 0.4) is 0 Å². The molecule has 1 aliphatic rings. The molecule has 1 aromatic carbocycles. The Balaban J connectivity index is 2.41. The molecule has 5 heteroatoms. The third-order valence-corrected chi connectivity index (χ3v) is 5.77. The van der Waals surface area contributed by atoms with E-state index in [0.717, 1.165) is 44.1 Å². The van der Waals surface area contributed by atoms with Crippen molar-refractivity contribution in [1.82, 2.24) is 4.72 Å². The Morgan fingerprint density at radius 3 is 2.24 bits per heavy atom. The maximum Gasteiger partial charge on any atom is 0.244 e. The summed E-state index contributed by atoms with van der Waals surface area (Å²) in [6.45, 7) is 3.97. The molecule has 1 aliphatic carbocycles. The van der Waals surface area contributed by atoms with Gasteiger partial charge in [0.05, 0.1) is 7.11 Å². The number of aryl methyl sites for hydroxylation is 2. The summed E-state index contributed by atoms with van der Waals surface area (Å²) in [4.78, 5) is 0.276. The van der Waals surface area contributed by atoms with Gasteiger partial charge in [-0.3, -0.25) is 0 Å². The van der Waals surface area contributed by atoms with E-state index in [1.54, 1.807) is 6.07 Å². The number of hydrogen-bond acceptors (Lipinski definition) is 3. The van der Waals surface area contributed by atoms with Crippen LogP contribution in [-0.2, 0) is 22.9 Å². The monoisotopic (exact) mass is 311 g/mol. The molecular weight excluding hydrogens is 286 g/mol. The second-order valence-electron chi connectivity index (χ2n) is 5.61. The number of sulfonamides is 1. The summed E-state index contributed by atoms with van der Waals surface area (Å²) < 4.78 is 33.4. The van der Waals surface area contributed by atoms with Crippen LogP contribution in [0.4, 0.5) is 0 Å². The highest BCUT2D eigenvalue weighted by molar-refractivity contribution is 7.89. The second-order valence-corrected chi connectivity index (χ2v) is 7.30. The molecule has 0 fully saturated rings. The van der Waals surface area contributed by atoms with E-state index in [1.165, 1.54) is 12.7 Å². The van der Waals surface area contributed by atoms with Crippen LogP contribution in [0.25, 0.3) is 0 Å². The van der Waals surface area contributed by atoms with Crippen LogP contribution in [0.5, 0.6) is 5.75 Å². The lowest BCUT2D eigenvalue weighted by atomic mass is 9.92. The molecule has 0 saturated heterocycles. The fourth-order valence-corrected chi connectivity index (χ4v) is 4.45. The SMILES string of the molecule is CCC(CC)NS(=O)(=O)c1cc2c(cc1OC)CCCC2. The first-order valence-corrected chi connectivity index (χ1v) is 9.22. The van der Waals surface area contributed by atoms with Crippen molar-refractivity contribution >= 4 is 10.0 Å². The van der Waals surface area contributed by atoms with Crippen LogP contribution in [0.1, 0.15) is 50.7 Å². The van der Waals surface area contributed by atoms with Crippen LogP contribution >= 0.6 is 0 Å². The Morgan fingerprint density at radius 2 is 1.71 bits per heavy atom. The van der Waals surface area contributed by atoms with Crippen LogP contribution < -0.4 is 9.46 Å². The molecule has 21 heavy (non-hydrogen) atoms. The molecule has 0 amide bonds. The molecule has 0 spiro atoms. The lowest BCUT2D eigenvalue weighted by Gasteiger charge is -2.21. The molecule has 0 atom stereocenters. The molecule has 4 nitrogen and oxygen atoms in total. The third-order valence-electron chi connectivity index (χ3n) is 4.23. The van der Waals surface area contributed by atoms with Crippen molar-refractivity contribution in [3.8, 4) is 5.75 Å². The summed E-state index contributed by atoms with van der Waals surface area (Å²) in [7, 11) is -2.01. The fourth-order valence-electron chi connectivity index (χ4n) is 2.85. The van der Waals surface area contributed by atoms with Crippen molar-refractivity contribution in [1.29, 1.82) is 0 Å². The van der Waals surface area contributed by atoms with Gasteiger partial charge in [0.15, 0.2) is 0 Å². The maximum atomic E-state index is 12.6. The first kappa shape index (κ1) is 16.3. The first-order chi connectivity index (χ1) is 10.0. The van der Waals surface area contributed by atoms with E-state index in [2.05, 4.69) is 4.72 Å².